The van der Waals surface area contributed by atoms with Gasteiger partial charge in [-0.15, -0.1) is 0 Å². The smallest absolute Gasteiger partial charge is 0.320 e. The van der Waals surface area contributed by atoms with Crippen molar-refractivity contribution in [3.05, 3.63) is 12.2 Å². The van der Waals surface area contributed by atoms with E-state index in [9.17, 15) is 9.59 Å². The van der Waals surface area contributed by atoms with Crippen molar-refractivity contribution in [2.24, 2.45) is 5.73 Å². The van der Waals surface area contributed by atoms with E-state index in [0.29, 0.717) is 0 Å². The number of nitrogens with two attached hydrogens (primary N) is 1. The van der Waals surface area contributed by atoms with E-state index in [0.717, 1.165) is 12.8 Å². The first-order chi connectivity index (χ1) is 7.10. The van der Waals surface area contributed by atoms with Crippen LogP contribution in [-0.4, -0.2) is 24.4 Å². The van der Waals surface area contributed by atoms with E-state index in [1.807, 2.05) is 6.08 Å². The second-order valence-electron chi connectivity index (χ2n) is 3.36. The lowest BCUT2D eigenvalue weighted by molar-refractivity contribution is -0.145. The molecule has 15 heavy (non-hydrogen) atoms. The zero-order valence-corrected chi connectivity index (χ0v) is 9.36. The number of carbonyl (C=O) groups excluding carboxylic acids is 2. The molecule has 0 aromatic carbocycles. The molecule has 1 atom stereocenters. The normalized spacial score (nSPS) is 12.7. The van der Waals surface area contributed by atoms with Crippen molar-refractivity contribution in [3.63, 3.8) is 0 Å². The number of ketones is 1. The minimum Gasteiger partial charge on any atom is -0.457 e. The molecule has 0 bridgehead atoms. The summed E-state index contributed by atoms with van der Waals surface area (Å²) < 4.78 is 4.99. The van der Waals surface area contributed by atoms with E-state index in [-0.39, 0.29) is 18.7 Å². The minimum absolute atomic E-state index is 0.00836. The Labute approximate surface area is 90.5 Å². The summed E-state index contributed by atoms with van der Waals surface area (Å²) in [6.07, 6.45) is 5.34. The maximum absolute atomic E-state index is 10.9. The van der Waals surface area contributed by atoms with Gasteiger partial charge in [-0.2, -0.15) is 0 Å². The van der Waals surface area contributed by atoms with Gasteiger partial charge in [0.25, 0.3) is 0 Å². The molecule has 0 heterocycles. The van der Waals surface area contributed by atoms with Crippen molar-refractivity contribution < 1.29 is 14.3 Å². The Bertz CT molecular complexity index is 236. The van der Waals surface area contributed by atoms with Gasteiger partial charge < -0.3 is 10.5 Å². The van der Waals surface area contributed by atoms with Crippen molar-refractivity contribution >= 4 is 11.8 Å². The Hall–Kier alpha value is -1.16. The molecule has 4 nitrogen and oxygen atoms in total. The van der Waals surface area contributed by atoms with Crippen LogP contribution in [0.4, 0.5) is 0 Å². The van der Waals surface area contributed by atoms with Crippen LogP contribution < -0.4 is 5.73 Å². The van der Waals surface area contributed by atoms with Crippen LogP contribution in [0.5, 0.6) is 0 Å². The van der Waals surface area contributed by atoms with Crippen LogP contribution in [0, 0.1) is 0 Å². The number of ether oxygens (including phenoxy) is 1. The summed E-state index contributed by atoms with van der Waals surface area (Å²) >= 11 is 0. The monoisotopic (exact) mass is 213 g/mol. The predicted octanol–water partition coefficient (Wildman–Crippen LogP) is 1.19. The van der Waals surface area contributed by atoms with E-state index in [1.54, 1.807) is 6.08 Å². The molecule has 1 unspecified atom stereocenters. The lowest BCUT2D eigenvalue weighted by atomic mass is 10.1. The third-order valence-electron chi connectivity index (χ3n) is 1.74. The standard InChI is InChI=1S/C11H19NO3/c1-3-4-5-6-10(7-9(2)13)15-11(14)8-12/h5-6,10H,3-4,7-8,12H2,1-2H3. The summed E-state index contributed by atoms with van der Waals surface area (Å²) in [6, 6.07) is 0. The maximum Gasteiger partial charge on any atom is 0.320 e. The maximum atomic E-state index is 10.9. The molecule has 2 N–H and O–H groups in total. The number of carbonyl (C=O) groups is 2. The average molecular weight is 213 g/mol. The molecular formula is C11H19NO3. The number of hydrogen-bond acceptors (Lipinski definition) is 4. The first kappa shape index (κ1) is 13.8. The minimum atomic E-state index is -0.484. The fraction of sp³-hybridized carbons (Fsp3) is 0.636. The highest BCUT2D eigenvalue weighted by molar-refractivity contribution is 5.77. The topological polar surface area (TPSA) is 69.4 Å². The van der Waals surface area contributed by atoms with Crippen molar-refractivity contribution in [1.29, 1.82) is 0 Å². The number of hydrogen-bond donors (Lipinski definition) is 1. The van der Waals surface area contributed by atoms with Gasteiger partial charge in [0.1, 0.15) is 11.9 Å². The molecule has 0 saturated heterocycles. The van der Waals surface area contributed by atoms with E-state index >= 15 is 0 Å². The molecule has 0 rings (SSSR count). The van der Waals surface area contributed by atoms with Crippen molar-refractivity contribution in [3.8, 4) is 0 Å². The Morgan fingerprint density at radius 2 is 2.13 bits per heavy atom. The lowest BCUT2D eigenvalue weighted by Crippen LogP contribution is -2.24. The summed E-state index contributed by atoms with van der Waals surface area (Å²) in [6.45, 7) is 3.36. The predicted molar refractivity (Wildman–Crippen MR) is 58.3 cm³/mol. The van der Waals surface area contributed by atoms with Gasteiger partial charge in [-0.1, -0.05) is 19.4 Å². The molecule has 0 aromatic heterocycles. The van der Waals surface area contributed by atoms with Crippen LogP contribution in [0.25, 0.3) is 0 Å². The van der Waals surface area contributed by atoms with E-state index < -0.39 is 12.1 Å². The molecule has 0 aliphatic heterocycles. The third kappa shape index (κ3) is 7.88. The van der Waals surface area contributed by atoms with E-state index in [4.69, 9.17) is 10.5 Å². The fourth-order valence-electron chi connectivity index (χ4n) is 1.06. The van der Waals surface area contributed by atoms with Crippen molar-refractivity contribution in [2.75, 3.05) is 6.54 Å². The second kappa shape index (κ2) is 8.17. The molecule has 0 aromatic rings. The van der Waals surface area contributed by atoms with E-state index in [1.165, 1.54) is 6.92 Å². The first-order valence-corrected chi connectivity index (χ1v) is 5.15. The molecule has 0 amide bonds. The van der Waals surface area contributed by atoms with Gasteiger partial charge in [0.15, 0.2) is 0 Å². The summed E-state index contributed by atoms with van der Waals surface area (Å²) in [5, 5.41) is 0. The van der Waals surface area contributed by atoms with E-state index in [2.05, 4.69) is 6.92 Å². The molecule has 0 aliphatic rings. The molecule has 0 radical (unpaired) electrons. The molecule has 0 fully saturated rings. The van der Waals surface area contributed by atoms with Gasteiger partial charge in [-0.25, -0.2) is 0 Å². The van der Waals surface area contributed by atoms with Crippen LogP contribution in [-0.2, 0) is 14.3 Å². The first-order valence-electron chi connectivity index (χ1n) is 5.15. The van der Waals surface area contributed by atoms with Gasteiger partial charge >= 0.3 is 5.97 Å². The SMILES string of the molecule is CCCC=CC(CC(C)=O)OC(=O)CN. The molecule has 0 saturated carbocycles. The molecule has 0 aliphatic carbocycles. The Kier molecular flexibility index (Phi) is 7.54. The Morgan fingerprint density at radius 1 is 1.47 bits per heavy atom. The fourth-order valence-corrected chi connectivity index (χ4v) is 1.06. The average Bonchev–Trinajstić information content (AvgIpc) is 2.17. The summed E-state index contributed by atoms with van der Waals surface area (Å²) in [5.74, 6) is -0.492. The van der Waals surface area contributed by atoms with Gasteiger partial charge in [-0.05, 0) is 19.4 Å². The van der Waals surface area contributed by atoms with Gasteiger partial charge in [-0.3, -0.25) is 9.59 Å². The van der Waals surface area contributed by atoms with Crippen LogP contribution >= 0.6 is 0 Å². The summed E-state index contributed by atoms with van der Waals surface area (Å²) in [4.78, 5) is 21.8. The van der Waals surface area contributed by atoms with Crippen LogP contribution in [0.15, 0.2) is 12.2 Å². The number of Topliss-reactive ketones (excluding diaryl/α,β-unsaturated/α-hetero) is 1. The summed E-state index contributed by atoms with van der Waals surface area (Å²) in [7, 11) is 0. The number of esters is 1. The van der Waals surface area contributed by atoms with Gasteiger partial charge in [0.2, 0.25) is 0 Å². The highest BCUT2D eigenvalue weighted by Crippen LogP contribution is 2.03. The zero-order valence-electron chi connectivity index (χ0n) is 9.36. The van der Waals surface area contributed by atoms with Crippen molar-refractivity contribution in [1.82, 2.24) is 0 Å². The zero-order chi connectivity index (χ0) is 11.7. The number of allylic oxidation sites excluding steroid dienone is 1. The molecule has 0 spiro atoms. The quantitative estimate of drug-likeness (QED) is 0.509. The van der Waals surface area contributed by atoms with Gasteiger partial charge in [0, 0.05) is 6.42 Å². The summed E-state index contributed by atoms with van der Waals surface area (Å²) in [5.41, 5.74) is 5.12. The van der Waals surface area contributed by atoms with Gasteiger partial charge in [0.05, 0.1) is 6.54 Å². The highest BCUT2D eigenvalue weighted by atomic mass is 16.5. The second-order valence-corrected chi connectivity index (χ2v) is 3.36. The van der Waals surface area contributed by atoms with Crippen LogP contribution in [0.3, 0.4) is 0 Å². The molecule has 86 valence electrons. The Morgan fingerprint density at radius 3 is 2.60 bits per heavy atom. The largest absolute Gasteiger partial charge is 0.457 e. The highest BCUT2D eigenvalue weighted by Gasteiger charge is 2.12. The number of rotatable bonds is 7. The third-order valence-corrected chi connectivity index (χ3v) is 1.74. The van der Waals surface area contributed by atoms with Crippen molar-refractivity contribution in [2.45, 2.75) is 39.2 Å². The Balaban J connectivity index is 4.17. The van der Waals surface area contributed by atoms with Crippen LogP contribution in [0.2, 0.25) is 0 Å². The number of unbranched alkanes of at least 4 members (excludes halogenated alkanes) is 1. The molecular weight excluding hydrogens is 194 g/mol. The molecule has 4 heteroatoms. The lowest BCUT2D eigenvalue weighted by Gasteiger charge is -2.11. The van der Waals surface area contributed by atoms with Crippen LogP contribution in [0.1, 0.15) is 33.1 Å².